The molecule has 0 spiro atoms. The monoisotopic (exact) mass is 389 g/mol. The van der Waals surface area contributed by atoms with Gasteiger partial charge >= 0.3 is 0 Å². The summed E-state index contributed by atoms with van der Waals surface area (Å²) in [7, 11) is 0. The highest BCUT2D eigenvalue weighted by Crippen LogP contribution is 2.37. The Kier molecular flexibility index (Phi) is 6.05. The van der Waals surface area contributed by atoms with E-state index < -0.39 is 21.3 Å². The second-order valence-electron chi connectivity index (χ2n) is 8.82. The predicted octanol–water partition coefficient (Wildman–Crippen LogP) is 2.09. The molecule has 8 nitrogen and oxygen atoms in total. The van der Waals surface area contributed by atoms with Crippen molar-refractivity contribution in [1.29, 1.82) is 0 Å². The molecule has 0 heterocycles. The Labute approximate surface area is 164 Å². The molecule has 28 heavy (non-hydrogen) atoms. The molecule has 2 atom stereocenters. The van der Waals surface area contributed by atoms with Crippen molar-refractivity contribution in [3.63, 3.8) is 0 Å². The van der Waals surface area contributed by atoms with Gasteiger partial charge in [0, 0.05) is 17.2 Å². The first-order valence-corrected chi connectivity index (χ1v) is 8.90. The minimum atomic E-state index is -1.27. The second kappa shape index (κ2) is 7.67. The Balaban J connectivity index is 2.67. The average Bonchev–Trinajstić information content (AvgIpc) is 2.54. The van der Waals surface area contributed by atoms with E-state index in [1.54, 1.807) is 12.2 Å². The zero-order valence-corrected chi connectivity index (χ0v) is 17.0. The van der Waals surface area contributed by atoms with Crippen LogP contribution >= 0.6 is 0 Å². The number of quaternary nitrogens is 2. The first-order valence-electron chi connectivity index (χ1n) is 8.90. The molecule has 2 unspecified atom stereocenters. The molecule has 1 aliphatic rings. The number of hydrogen-bond acceptors (Lipinski definition) is 6. The van der Waals surface area contributed by atoms with Gasteiger partial charge in [0.05, 0.1) is 11.8 Å². The molecule has 4 N–H and O–H groups in total. The highest BCUT2D eigenvalue weighted by atomic mass is 16.8. The molecule has 0 radical (unpaired) electrons. The predicted molar refractivity (Wildman–Crippen MR) is 105 cm³/mol. The number of ketones is 1. The van der Waals surface area contributed by atoms with Gasteiger partial charge in [-0.15, -0.1) is 0 Å². The maximum atomic E-state index is 13.0. The molecule has 0 aromatic heterocycles. The van der Waals surface area contributed by atoms with Crippen molar-refractivity contribution in [3.8, 4) is 0 Å². The SMILES string of the molecule is CC(C)(C)C1=CC(=Nc2ccc([NH+]([O-])O)cc2[NH+]([O-])O)C=C(C(C)(C)C)C1=O. The summed E-state index contributed by atoms with van der Waals surface area (Å²) < 4.78 is 0. The van der Waals surface area contributed by atoms with Crippen molar-refractivity contribution < 1.29 is 25.7 Å². The smallest absolute Gasteiger partial charge is 0.195 e. The molecule has 1 aromatic carbocycles. The number of aliphatic imine (C=N–C) groups is 1. The van der Waals surface area contributed by atoms with E-state index in [2.05, 4.69) is 4.99 Å². The summed E-state index contributed by atoms with van der Waals surface area (Å²) >= 11 is 0. The summed E-state index contributed by atoms with van der Waals surface area (Å²) in [6.45, 7) is 11.6. The Morgan fingerprint density at radius 1 is 0.893 bits per heavy atom. The van der Waals surface area contributed by atoms with Gasteiger partial charge in [-0.3, -0.25) is 4.79 Å². The second-order valence-corrected chi connectivity index (χ2v) is 8.82. The minimum Gasteiger partial charge on any atom is -0.595 e. The van der Waals surface area contributed by atoms with Gasteiger partial charge in [0.25, 0.3) is 0 Å². The summed E-state index contributed by atoms with van der Waals surface area (Å²) in [6.07, 6.45) is 3.35. The van der Waals surface area contributed by atoms with Gasteiger partial charge in [0.2, 0.25) is 0 Å². The number of Topliss-reactive ketones (excluding diaryl/α,β-unsaturated/α-hetero) is 1. The molecule has 1 aromatic rings. The minimum absolute atomic E-state index is 0.0429. The van der Waals surface area contributed by atoms with Crippen molar-refractivity contribution in [1.82, 2.24) is 0 Å². The number of nitrogens with one attached hydrogen (secondary N) is 2. The molecule has 8 heteroatoms. The number of benzene rings is 1. The third-order valence-electron chi connectivity index (χ3n) is 4.41. The van der Waals surface area contributed by atoms with Crippen molar-refractivity contribution in [2.75, 3.05) is 0 Å². The third kappa shape index (κ3) is 4.79. The van der Waals surface area contributed by atoms with E-state index in [4.69, 9.17) is 5.21 Å². The van der Waals surface area contributed by atoms with Crippen LogP contribution < -0.4 is 10.5 Å². The Morgan fingerprint density at radius 2 is 1.39 bits per heavy atom. The molecular weight excluding hydrogens is 362 g/mol. The van der Waals surface area contributed by atoms with Gasteiger partial charge in [-0.05, 0) is 29.0 Å². The largest absolute Gasteiger partial charge is 0.595 e. The first-order chi connectivity index (χ1) is 12.7. The van der Waals surface area contributed by atoms with E-state index >= 15 is 0 Å². The van der Waals surface area contributed by atoms with Crippen LogP contribution in [0.1, 0.15) is 41.5 Å². The topological polar surface area (TPSA) is 125 Å². The van der Waals surface area contributed by atoms with Gasteiger partial charge in [-0.25, -0.2) is 15.4 Å². The summed E-state index contributed by atoms with van der Waals surface area (Å²) in [5.74, 6) is -0.0429. The fourth-order valence-electron chi connectivity index (χ4n) is 2.87. The van der Waals surface area contributed by atoms with E-state index in [1.165, 1.54) is 12.1 Å². The molecule has 0 fully saturated rings. The van der Waals surface area contributed by atoms with E-state index in [0.717, 1.165) is 6.07 Å². The zero-order chi connectivity index (χ0) is 21.4. The molecule has 1 aliphatic carbocycles. The Bertz CT molecular complexity index is 833. The maximum Gasteiger partial charge on any atom is 0.195 e. The molecule has 0 saturated carbocycles. The first kappa shape index (κ1) is 22.1. The standard InChI is InChI=1S/C20H27N3O5/c1-19(2,3)14-9-12(10-15(18(14)24)20(4,5)6)21-16-8-7-13(22(25)26)11-17(16)23(27)28/h7-11,22-23,25,27H,1-6H3. The summed E-state index contributed by atoms with van der Waals surface area (Å²) in [4.78, 5) is 17.4. The number of carbonyl (C=O) groups excluding carboxylic acids is 1. The number of nitrogens with zero attached hydrogens (tertiary/aromatic N) is 1. The van der Waals surface area contributed by atoms with Crippen LogP contribution in [-0.2, 0) is 4.79 Å². The molecule has 152 valence electrons. The van der Waals surface area contributed by atoms with Crippen LogP contribution in [-0.4, -0.2) is 21.9 Å². The van der Waals surface area contributed by atoms with Gasteiger partial charge < -0.3 is 10.4 Å². The van der Waals surface area contributed by atoms with Crippen molar-refractivity contribution in [3.05, 3.63) is 51.9 Å². The van der Waals surface area contributed by atoms with E-state index in [0.29, 0.717) is 16.9 Å². The van der Waals surface area contributed by atoms with Crippen molar-refractivity contribution in [2.24, 2.45) is 15.8 Å². The molecule has 0 saturated heterocycles. The molecule has 0 amide bonds. The van der Waals surface area contributed by atoms with Gasteiger partial charge in [0.1, 0.15) is 5.69 Å². The number of carbonyl (C=O) groups is 1. The average molecular weight is 389 g/mol. The quantitative estimate of drug-likeness (QED) is 0.465. The van der Waals surface area contributed by atoms with Crippen LogP contribution in [0.15, 0.2) is 46.5 Å². The van der Waals surface area contributed by atoms with E-state index in [9.17, 15) is 20.4 Å². The lowest BCUT2D eigenvalue weighted by Crippen LogP contribution is -3.00. The van der Waals surface area contributed by atoms with Crippen LogP contribution in [0.2, 0.25) is 0 Å². The molecule has 0 aliphatic heterocycles. The summed E-state index contributed by atoms with van der Waals surface area (Å²) in [5.41, 5.74) is 0.626. The fraction of sp³-hybridized carbons (Fsp3) is 0.400. The Hall–Kier alpha value is -2.20. The Morgan fingerprint density at radius 3 is 1.79 bits per heavy atom. The molecular formula is C20H27N3O5. The van der Waals surface area contributed by atoms with E-state index in [-0.39, 0.29) is 22.8 Å². The van der Waals surface area contributed by atoms with Crippen LogP contribution in [0.25, 0.3) is 0 Å². The van der Waals surface area contributed by atoms with Crippen molar-refractivity contribution >= 4 is 28.6 Å². The maximum absolute atomic E-state index is 13.0. The van der Waals surface area contributed by atoms with Gasteiger partial charge in [-0.2, -0.15) is 10.5 Å². The van der Waals surface area contributed by atoms with Crippen LogP contribution in [0.3, 0.4) is 0 Å². The third-order valence-corrected chi connectivity index (χ3v) is 4.41. The zero-order valence-electron chi connectivity index (χ0n) is 17.0. The lowest BCUT2D eigenvalue weighted by atomic mass is 9.72. The van der Waals surface area contributed by atoms with Crippen LogP contribution in [0.5, 0.6) is 0 Å². The summed E-state index contributed by atoms with van der Waals surface area (Å²) in [5, 5.41) is 38.8. The molecule has 0 bridgehead atoms. The van der Waals surface area contributed by atoms with Gasteiger partial charge in [0.15, 0.2) is 17.2 Å². The lowest BCUT2D eigenvalue weighted by Gasteiger charge is -2.31. The number of rotatable bonds is 3. The number of hydrogen-bond donors (Lipinski definition) is 4. The van der Waals surface area contributed by atoms with Crippen molar-refractivity contribution in [2.45, 2.75) is 41.5 Å². The van der Waals surface area contributed by atoms with Crippen LogP contribution in [0.4, 0.5) is 17.1 Å². The number of allylic oxidation sites excluding steroid dienone is 4. The van der Waals surface area contributed by atoms with Gasteiger partial charge in [-0.1, -0.05) is 41.5 Å². The highest BCUT2D eigenvalue weighted by Gasteiger charge is 2.34. The molecule has 2 rings (SSSR count). The van der Waals surface area contributed by atoms with E-state index in [1.807, 2.05) is 41.5 Å². The van der Waals surface area contributed by atoms with Crippen LogP contribution in [0, 0.1) is 21.2 Å². The highest BCUT2D eigenvalue weighted by molar-refractivity contribution is 6.23. The fourth-order valence-corrected chi connectivity index (χ4v) is 2.87. The summed E-state index contributed by atoms with van der Waals surface area (Å²) in [6, 6.07) is 3.76. The lowest BCUT2D eigenvalue weighted by molar-refractivity contribution is -0.996. The normalized spacial score (nSPS) is 17.8.